The monoisotopic (exact) mass is 784 g/mol. The third-order valence-corrected chi connectivity index (χ3v) is 11.1. The molecule has 4 aromatic rings. The van der Waals surface area contributed by atoms with Crippen LogP contribution in [0.4, 0.5) is 24.5 Å². The molecule has 17 heteroatoms. The Morgan fingerprint density at radius 1 is 1.00 bits per heavy atom. The number of rotatable bonds is 15. The van der Waals surface area contributed by atoms with E-state index in [0.29, 0.717) is 41.4 Å². The summed E-state index contributed by atoms with van der Waals surface area (Å²) in [5, 5.41) is 11.9. The SMILES string of the molecule is CCOc1ccc(C(=O)N2CCN(c3ccc(-c4ccccc4OCC)nc3CN(CCN)S(=O)(=O)c3ccccc3[N+](=O)[O-])C(CC)C2)c(C(F)(F)F)c1. The Labute approximate surface area is 317 Å². The minimum Gasteiger partial charge on any atom is -0.494 e. The summed E-state index contributed by atoms with van der Waals surface area (Å²) in [6, 6.07) is 18.7. The van der Waals surface area contributed by atoms with Gasteiger partial charge in [0.15, 0.2) is 4.90 Å². The van der Waals surface area contributed by atoms with Crippen LogP contribution < -0.4 is 20.1 Å². The number of ether oxygens (including phenoxy) is 2. The fraction of sp³-hybridized carbons (Fsp3) is 0.368. The number of piperazine rings is 1. The summed E-state index contributed by atoms with van der Waals surface area (Å²) in [6.45, 7) is 5.56. The fourth-order valence-corrected chi connectivity index (χ4v) is 8.19. The van der Waals surface area contributed by atoms with Gasteiger partial charge in [0.2, 0.25) is 10.0 Å². The van der Waals surface area contributed by atoms with E-state index in [0.717, 1.165) is 28.6 Å². The molecule has 0 bridgehead atoms. The van der Waals surface area contributed by atoms with Gasteiger partial charge in [-0.1, -0.05) is 31.2 Å². The van der Waals surface area contributed by atoms with Crippen LogP contribution in [0.1, 0.15) is 48.8 Å². The van der Waals surface area contributed by atoms with Gasteiger partial charge in [0.05, 0.1) is 52.9 Å². The predicted octanol–water partition coefficient (Wildman–Crippen LogP) is 6.36. The molecule has 1 fully saturated rings. The highest BCUT2D eigenvalue weighted by Gasteiger charge is 2.39. The number of nitro groups is 1. The zero-order chi connectivity index (χ0) is 39.9. The molecule has 1 atom stereocenters. The smallest absolute Gasteiger partial charge is 0.417 e. The molecule has 0 saturated carbocycles. The molecule has 5 rings (SSSR count). The molecule has 1 aliphatic heterocycles. The summed E-state index contributed by atoms with van der Waals surface area (Å²) in [5.74, 6) is -0.226. The molecular formula is C38H43F3N6O7S. The number of hydrogen-bond donors (Lipinski definition) is 1. The Hall–Kier alpha value is -5.26. The van der Waals surface area contributed by atoms with Crippen molar-refractivity contribution in [1.82, 2.24) is 14.2 Å². The summed E-state index contributed by atoms with van der Waals surface area (Å²) < 4.78 is 82.9. The second-order valence-electron chi connectivity index (χ2n) is 12.6. The lowest BCUT2D eigenvalue weighted by Crippen LogP contribution is -2.55. The second-order valence-corrected chi connectivity index (χ2v) is 14.5. The van der Waals surface area contributed by atoms with Gasteiger partial charge in [0.1, 0.15) is 11.5 Å². The molecule has 1 saturated heterocycles. The number of halogens is 3. The predicted molar refractivity (Wildman–Crippen MR) is 201 cm³/mol. The molecule has 294 valence electrons. The molecule has 1 amide bonds. The first-order chi connectivity index (χ1) is 26.2. The van der Waals surface area contributed by atoms with Crippen molar-refractivity contribution in [2.24, 2.45) is 5.73 Å². The van der Waals surface area contributed by atoms with E-state index in [1.807, 2.05) is 36.9 Å². The lowest BCUT2D eigenvalue weighted by atomic mass is 10.0. The number of hydrogen-bond acceptors (Lipinski definition) is 10. The van der Waals surface area contributed by atoms with Crippen LogP contribution in [-0.4, -0.2) is 85.4 Å². The molecule has 1 aromatic heterocycles. The number of benzene rings is 3. The lowest BCUT2D eigenvalue weighted by Gasteiger charge is -2.43. The number of carbonyl (C=O) groups is 1. The van der Waals surface area contributed by atoms with Crippen molar-refractivity contribution in [3.63, 3.8) is 0 Å². The maximum absolute atomic E-state index is 14.2. The van der Waals surface area contributed by atoms with E-state index in [-0.39, 0.29) is 51.6 Å². The summed E-state index contributed by atoms with van der Waals surface area (Å²) in [5.41, 5.74) is 5.66. The van der Waals surface area contributed by atoms with Gasteiger partial charge in [-0.3, -0.25) is 14.9 Å². The topological polar surface area (TPSA) is 161 Å². The van der Waals surface area contributed by atoms with Gasteiger partial charge in [-0.05, 0) is 68.8 Å². The van der Waals surface area contributed by atoms with E-state index in [1.165, 1.54) is 23.1 Å². The second kappa shape index (κ2) is 17.5. The van der Waals surface area contributed by atoms with Gasteiger partial charge in [-0.25, -0.2) is 13.4 Å². The molecule has 0 spiro atoms. The molecule has 3 aromatic carbocycles. The number of nitrogens with two attached hydrogens (primary N) is 1. The van der Waals surface area contributed by atoms with Crippen molar-refractivity contribution < 1.29 is 40.8 Å². The van der Waals surface area contributed by atoms with Crippen LogP contribution in [0.2, 0.25) is 0 Å². The quantitative estimate of drug-likeness (QED) is 0.106. The molecule has 1 unspecified atom stereocenters. The Morgan fingerprint density at radius 3 is 2.38 bits per heavy atom. The van der Waals surface area contributed by atoms with E-state index >= 15 is 0 Å². The Kier molecular flexibility index (Phi) is 13.0. The third kappa shape index (κ3) is 9.01. The van der Waals surface area contributed by atoms with Crippen LogP contribution in [0, 0.1) is 10.1 Å². The molecule has 0 aliphatic carbocycles. The van der Waals surface area contributed by atoms with Crippen molar-refractivity contribution in [3.8, 4) is 22.8 Å². The maximum Gasteiger partial charge on any atom is 0.417 e. The van der Waals surface area contributed by atoms with E-state index in [1.54, 1.807) is 25.1 Å². The molecule has 13 nitrogen and oxygen atoms in total. The Balaban J connectivity index is 1.56. The van der Waals surface area contributed by atoms with Gasteiger partial charge in [0.25, 0.3) is 11.6 Å². The van der Waals surface area contributed by atoms with Gasteiger partial charge >= 0.3 is 6.18 Å². The molecule has 0 radical (unpaired) electrons. The lowest BCUT2D eigenvalue weighted by molar-refractivity contribution is -0.387. The van der Waals surface area contributed by atoms with Crippen molar-refractivity contribution in [2.75, 3.05) is 50.8 Å². The van der Waals surface area contributed by atoms with E-state index < -0.39 is 54.8 Å². The number of alkyl halides is 3. The average Bonchev–Trinajstić information content (AvgIpc) is 3.17. The maximum atomic E-state index is 14.2. The number of anilines is 1. The summed E-state index contributed by atoms with van der Waals surface area (Å²) in [7, 11) is -4.50. The van der Waals surface area contributed by atoms with Gasteiger partial charge in [-0.2, -0.15) is 17.5 Å². The van der Waals surface area contributed by atoms with Crippen molar-refractivity contribution in [2.45, 2.75) is 50.9 Å². The number of amides is 1. The van der Waals surface area contributed by atoms with Crippen molar-refractivity contribution in [3.05, 3.63) is 106 Å². The summed E-state index contributed by atoms with van der Waals surface area (Å²) in [6.07, 6.45) is -4.34. The van der Waals surface area contributed by atoms with Crippen LogP contribution in [0.15, 0.2) is 83.8 Å². The van der Waals surface area contributed by atoms with E-state index in [2.05, 4.69) is 0 Å². The highest BCUT2D eigenvalue weighted by molar-refractivity contribution is 7.89. The number of nitrogens with zero attached hydrogens (tertiary/aromatic N) is 5. The first-order valence-corrected chi connectivity index (χ1v) is 19.2. The van der Waals surface area contributed by atoms with Gasteiger partial charge < -0.3 is 25.0 Å². The van der Waals surface area contributed by atoms with E-state index in [9.17, 15) is 36.5 Å². The highest BCUT2D eigenvalue weighted by Crippen LogP contribution is 2.37. The summed E-state index contributed by atoms with van der Waals surface area (Å²) >= 11 is 0. The zero-order valence-electron chi connectivity index (χ0n) is 30.7. The number of sulfonamides is 1. The van der Waals surface area contributed by atoms with Crippen LogP contribution in [0.3, 0.4) is 0 Å². The number of para-hydroxylation sites is 2. The van der Waals surface area contributed by atoms with E-state index in [4.69, 9.17) is 20.2 Å². The Morgan fingerprint density at radius 2 is 1.71 bits per heavy atom. The van der Waals surface area contributed by atoms with Crippen molar-refractivity contribution in [1.29, 1.82) is 0 Å². The molecular weight excluding hydrogens is 742 g/mol. The van der Waals surface area contributed by atoms with Crippen LogP contribution in [-0.2, 0) is 22.7 Å². The first-order valence-electron chi connectivity index (χ1n) is 17.8. The van der Waals surface area contributed by atoms with Gasteiger partial charge in [0, 0.05) is 50.4 Å². The normalized spacial score (nSPS) is 14.9. The number of nitro benzene ring substituents is 1. The van der Waals surface area contributed by atoms with Gasteiger partial charge in [-0.15, -0.1) is 0 Å². The molecule has 2 N–H and O–H groups in total. The molecule has 1 aliphatic rings. The van der Waals surface area contributed by atoms with Crippen LogP contribution >= 0.6 is 0 Å². The van der Waals surface area contributed by atoms with Crippen molar-refractivity contribution >= 4 is 27.3 Å². The largest absolute Gasteiger partial charge is 0.494 e. The number of carbonyl (C=O) groups excluding carboxylic acids is 1. The Bertz CT molecular complexity index is 2120. The highest BCUT2D eigenvalue weighted by atomic mass is 32.2. The standard InChI is InChI=1S/C38H43F3N6O7S/c1-4-26-24-44(37(48)28-16-15-27(53-5-2)23-30(28)38(39,40)41)21-22-46(26)33-18-17-31(29-11-7-9-13-35(29)54-6-3)43-32(33)25-45(20-19-42)55(51,52)36-14-10-8-12-34(36)47(49)50/h7-18,23,26H,4-6,19-22,24-25,42H2,1-3H3. The minimum absolute atomic E-state index is 0.00236. The van der Waals surface area contributed by atoms with Crippen LogP contribution in [0.5, 0.6) is 11.5 Å². The fourth-order valence-electron chi connectivity index (χ4n) is 6.62. The first kappa shape index (κ1) is 40.9. The molecule has 2 heterocycles. The number of aromatic nitrogens is 1. The summed E-state index contributed by atoms with van der Waals surface area (Å²) in [4.78, 5) is 32.7. The average molecular weight is 785 g/mol. The number of pyridine rings is 1. The molecule has 55 heavy (non-hydrogen) atoms. The minimum atomic E-state index is -4.80. The van der Waals surface area contributed by atoms with Crippen LogP contribution in [0.25, 0.3) is 11.3 Å². The zero-order valence-corrected chi connectivity index (χ0v) is 31.5. The third-order valence-electron chi connectivity index (χ3n) is 9.19.